The van der Waals surface area contributed by atoms with Crippen LogP contribution in [0.1, 0.15) is 46.5 Å². The van der Waals surface area contributed by atoms with Crippen LogP contribution >= 0.6 is 11.8 Å². The summed E-state index contributed by atoms with van der Waals surface area (Å²) >= 11 is 2.15. The molecule has 2 aliphatic rings. The van der Waals surface area contributed by atoms with E-state index < -0.39 is 0 Å². The van der Waals surface area contributed by atoms with Gasteiger partial charge in [0.25, 0.3) is 0 Å². The summed E-state index contributed by atoms with van der Waals surface area (Å²) in [6.07, 6.45) is 5.53. The Morgan fingerprint density at radius 2 is 2.11 bits per heavy atom. The molecule has 0 radical (unpaired) electrons. The summed E-state index contributed by atoms with van der Waals surface area (Å²) in [5.41, 5.74) is 0. The van der Waals surface area contributed by atoms with Crippen molar-refractivity contribution in [2.24, 2.45) is 5.92 Å². The first kappa shape index (κ1) is 14.7. The van der Waals surface area contributed by atoms with Crippen LogP contribution in [-0.2, 0) is 0 Å². The molecule has 1 saturated heterocycles. The van der Waals surface area contributed by atoms with Crippen LogP contribution < -0.4 is 5.32 Å². The van der Waals surface area contributed by atoms with Gasteiger partial charge in [0, 0.05) is 36.2 Å². The third-order valence-corrected chi connectivity index (χ3v) is 6.14. The fourth-order valence-electron chi connectivity index (χ4n) is 3.41. The van der Waals surface area contributed by atoms with Crippen molar-refractivity contribution in [3.63, 3.8) is 0 Å². The standard InChI is InChI=1S/C15H30N2S/c1-4-8-16-15-7-5-6-14(15)11-17-9-10-18-13(3)12(17)2/h12-16H,4-11H2,1-3H3. The summed E-state index contributed by atoms with van der Waals surface area (Å²) in [7, 11) is 0. The van der Waals surface area contributed by atoms with Gasteiger partial charge in [0.1, 0.15) is 0 Å². The molecular weight excluding hydrogens is 240 g/mol. The number of hydrogen-bond donors (Lipinski definition) is 1. The quantitative estimate of drug-likeness (QED) is 0.827. The van der Waals surface area contributed by atoms with E-state index in [2.05, 4.69) is 42.7 Å². The third-order valence-electron chi connectivity index (χ3n) is 4.80. The van der Waals surface area contributed by atoms with Crippen LogP contribution in [0.4, 0.5) is 0 Å². The Bertz CT molecular complexity index is 247. The molecule has 1 N–H and O–H groups in total. The van der Waals surface area contributed by atoms with Crippen LogP contribution in [0, 0.1) is 5.92 Å². The van der Waals surface area contributed by atoms with Gasteiger partial charge in [-0.2, -0.15) is 11.8 Å². The van der Waals surface area contributed by atoms with Crippen LogP contribution in [0.2, 0.25) is 0 Å². The molecule has 4 atom stereocenters. The maximum atomic E-state index is 3.77. The maximum Gasteiger partial charge on any atom is 0.0184 e. The average Bonchev–Trinajstić information content (AvgIpc) is 2.80. The molecule has 0 spiro atoms. The molecule has 2 nitrogen and oxygen atoms in total. The molecule has 1 aliphatic heterocycles. The monoisotopic (exact) mass is 270 g/mol. The predicted octanol–water partition coefficient (Wildman–Crippen LogP) is 2.98. The van der Waals surface area contributed by atoms with Crippen molar-refractivity contribution in [1.29, 1.82) is 0 Å². The zero-order chi connectivity index (χ0) is 13.0. The molecule has 106 valence electrons. The van der Waals surface area contributed by atoms with E-state index in [9.17, 15) is 0 Å². The maximum absolute atomic E-state index is 3.77. The molecule has 1 aliphatic carbocycles. The van der Waals surface area contributed by atoms with E-state index >= 15 is 0 Å². The van der Waals surface area contributed by atoms with Crippen LogP contribution in [0.5, 0.6) is 0 Å². The van der Waals surface area contributed by atoms with Crippen LogP contribution in [0.15, 0.2) is 0 Å². The highest BCUT2D eigenvalue weighted by atomic mass is 32.2. The molecule has 0 aromatic heterocycles. The van der Waals surface area contributed by atoms with Crippen molar-refractivity contribution in [3.05, 3.63) is 0 Å². The zero-order valence-corrected chi connectivity index (χ0v) is 13.1. The van der Waals surface area contributed by atoms with Gasteiger partial charge in [0.2, 0.25) is 0 Å². The smallest absolute Gasteiger partial charge is 0.0184 e. The van der Waals surface area contributed by atoms with Gasteiger partial charge < -0.3 is 5.32 Å². The molecule has 4 unspecified atom stereocenters. The van der Waals surface area contributed by atoms with Crippen LogP contribution in [-0.4, -0.2) is 47.6 Å². The van der Waals surface area contributed by atoms with E-state index in [0.29, 0.717) is 0 Å². The minimum absolute atomic E-state index is 0.760. The Hall–Kier alpha value is 0.270. The minimum Gasteiger partial charge on any atom is -0.314 e. The van der Waals surface area contributed by atoms with E-state index in [4.69, 9.17) is 0 Å². The van der Waals surface area contributed by atoms with Crippen molar-refractivity contribution in [2.75, 3.05) is 25.4 Å². The van der Waals surface area contributed by atoms with Crippen molar-refractivity contribution in [2.45, 2.75) is 63.8 Å². The predicted molar refractivity (Wildman–Crippen MR) is 82.4 cm³/mol. The van der Waals surface area contributed by atoms with E-state index in [1.165, 1.54) is 51.1 Å². The second-order valence-electron chi connectivity index (χ2n) is 6.06. The summed E-state index contributed by atoms with van der Waals surface area (Å²) in [5, 5.41) is 4.57. The molecule has 1 saturated carbocycles. The Morgan fingerprint density at radius 3 is 2.89 bits per heavy atom. The lowest BCUT2D eigenvalue weighted by Crippen LogP contribution is -2.49. The zero-order valence-electron chi connectivity index (χ0n) is 12.3. The summed E-state index contributed by atoms with van der Waals surface area (Å²) in [4.78, 5) is 2.75. The van der Waals surface area contributed by atoms with Gasteiger partial charge in [-0.1, -0.05) is 20.3 Å². The van der Waals surface area contributed by atoms with Crippen molar-refractivity contribution < 1.29 is 0 Å². The first-order valence-corrected chi connectivity index (χ1v) is 8.86. The molecule has 18 heavy (non-hydrogen) atoms. The lowest BCUT2D eigenvalue weighted by Gasteiger charge is -2.39. The Morgan fingerprint density at radius 1 is 1.28 bits per heavy atom. The second kappa shape index (κ2) is 7.16. The molecule has 2 fully saturated rings. The molecule has 0 amide bonds. The molecular formula is C15H30N2S. The van der Waals surface area contributed by atoms with Crippen LogP contribution in [0.25, 0.3) is 0 Å². The highest BCUT2D eigenvalue weighted by molar-refractivity contribution is 8.00. The molecule has 0 aromatic carbocycles. The number of nitrogens with zero attached hydrogens (tertiary/aromatic N) is 1. The summed E-state index contributed by atoms with van der Waals surface area (Å²) in [5.74, 6) is 2.22. The number of hydrogen-bond acceptors (Lipinski definition) is 3. The van der Waals surface area contributed by atoms with Gasteiger partial charge >= 0.3 is 0 Å². The third kappa shape index (κ3) is 3.64. The highest BCUT2D eigenvalue weighted by Gasteiger charge is 2.32. The van der Waals surface area contributed by atoms with Gasteiger partial charge in [-0.05, 0) is 38.6 Å². The lowest BCUT2D eigenvalue weighted by atomic mass is 10.0. The number of rotatable bonds is 5. The van der Waals surface area contributed by atoms with Gasteiger partial charge in [0.05, 0.1) is 0 Å². The van der Waals surface area contributed by atoms with E-state index in [1.54, 1.807) is 0 Å². The Kier molecular flexibility index (Phi) is 5.84. The lowest BCUT2D eigenvalue weighted by molar-refractivity contribution is 0.169. The summed E-state index contributed by atoms with van der Waals surface area (Å²) < 4.78 is 0. The van der Waals surface area contributed by atoms with Gasteiger partial charge in [-0.3, -0.25) is 4.90 Å². The first-order chi connectivity index (χ1) is 8.72. The molecule has 1 heterocycles. The largest absolute Gasteiger partial charge is 0.314 e. The van der Waals surface area contributed by atoms with Gasteiger partial charge in [-0.15, -0.1) is 0 Å². The normalized spacial score (nSPS) is 38.2. The second-order valence-corrected chi connectivity index (χ2v) is 7.55. The Labute approximate surface area is 117 Å². The fraction of sp³-hybridized carbons (Fsp3) is 1.00. The van der Waals surface area contributed by atoms with Gasteiger partial charge in [0.15, 0.2) is 0 Å². The first-order valence-electron chi connectivity index (χ1n) is 7.81. The van der Waals surface area contributed by atoms with E-state index in [1.807, 2.05) is 0 Å². The van der Waals surface area contributed by atoms with Gasteiger partial charge in [-0.25, -0.2) is 0 Å². The SMILES string of the molecule is CCCNC1CCCC1CN1CCSC(C)C1C. The van der Waals surface area contributed by atoms with Crippen molar-refractivity contribution >= 4 is 11.8 Å². The molecule has 3 heteroatoms. The minimum atomic E-state index is 0.760. The van der Waals surface area contributed by atoms with E-state index in [0.717, 1.165) is 23.3 Å². The molecule has 2 rings (SSSR count). The van der Waals surface area contributed by atoms with E-state index in [-0.39, 0.29) is 0 Å². The Balaban J connectivity index is 1.83. The van der Waals surface area contributed by atoms with Crippen LogP contribution in [0.3, 0.4) is 0 Å². The summed E-state index contributed by atoms with van der Waals surface area (Å²) in [6, 6.07) is 1.55. The fourth-order valence-corrected chi connectivity index (χ4v) is 4.57. The number of thioether (sulfide) groups is 1. The van der Waals surface area contributed by atoms with Crippen molar-refractivity contribution in [3.8, 4) is 0 Å². The molecule has 0 bridgehead atoms. The number of nitrogens with one attached hydrogen (secondary N) is 1. The topological polar surface area (TPSA) is 15.3 Å². The average molecular weight is 270 g/mol. The summed E-state index contributed by atoms with van der Waals surface area (Å²) in [6.45, 7) is 10.9. The molecule has 0 aromatic rings. The highest BCUT2D eigenvalue weighted by Crippen LogP contribution is 2.30. The van der Waals surface area contributed by atoms with Crippen molar-refractivity contribution in [1.82, 2.24) is 10.2 Å².